The first-order valence-corrected chi connectivity index (χ1v) is 10.9. The summed E-state index contributed by atoms with van der Waals surface area (Å²) in [6.07, 6.45) is -0.229. The number of amides is 4. The van der Waals surface area contributed by atoms with E-state index in [9.17, 15) is 31.9 Å². The van der Waals surface area contributed by atoms with Crippen LogP contribution in [-0.4, -0.2) is 58.5 Å². The van der Waals surface area contributed by atoms with Crippen LogP contribution in [0.15, 0.2) is 47.4 Å². The van der Waals surface area contributed by atoms with Gasteiger partial charge >= 0.3 is 18.3 Å². The van der Waals surface area contributed by atoms with Crippen molar-refractivity contribution in [2.24, 2.45) is 5.92 Å². The Kier molecular flexibility index (Phi) is 6.28. The molecule has 2 heterocycles. The maximum atomic E-state index is 14.0. The largest absolute Gasteiger partial charge is 0.573 e. The molecule has 1 N–H and O–H groups in total. The van der Waals surface area contributed by atoms with Crippen LogP contribution in [0.5, 0.6) is 5.75 Å². The predicted molar refractivity (Wildman–Crippen MR) is 118 cm³/mol. The fraction of sp³-hybridized carbons (Fsp3) is 0.227. The SMILES string of the molecule is CN1C(=O)C2C(CC(=O)Nc3nc(-c4ccc(OC(F)(F)F)c(F)c4)cs3)=CC=CC2=[N+](C)C1=O. The molecule has 35 heavy (non-hydrogen) atoms. The number of nitrogens with one attached hydrogen (secondary N) is 1. The maximum Gasteiger partial charge on any atom is 0.573 e. The molecule has 1 aromatic heterocycles. The van der Waals surface area contributed by atoms with E-state index in [1.807, 2.05) is 0 Å². The average Bonchev–Trinajstić information content (AvgIpc) is 3.24. The Balaban J connectivity index is 1.46. The van der Waals surface area contributed by atoms with Crippen molar-refractivity contribution in [2.75, 3.05) is 19.4 Å². The van der Waals surface area contributed by atoms with Gasteiger partial charge in [-0.2, -0.15) is 14.3 Å². The Morgan fingerprint density at radius 3 is 2.74 bits per heavy atom. The highest BCUT2D eigenvalue weighted by Gasteiger charge is 2.46. The van der Waals surface area contributed by atoms with Crippen molar-refractivity contribution in [1.82, 2.24) is 9.88 Å². The molecule has 1 aliphatic heterocycles. The van der Waals surface area contributed by atoms with Crippen molar-refractivity contribution < 1.29 is 41.3 Å². The zero-order valence-electron chi connectivity index (χ0n) is 18.2. The molecule has 0 saturated carbocycles. The topological polar surface area (TPSA) is 91.6 Å². The summed E-state index contributed by atoms with van der Waals surface area (Å²) in [6, 6.07) is 2.43. The lowest BCUT2D eigenvalue weighted by Gasteiger charge is -2.27. The third-order valence-corrected chi connectivity index (χ3v) is 6.11. The van der Waals surface area contributed by atoms with Crippen molar-refractivity contribution >= 4 is 40.0 Å². The number of thiazole rings is 1. The third kappa shape index (κ3) is 4.99. The number of aromatic nitrogens is 1. The standard InChI is InChI=1S/C22H16F4N4O4S/c1-29-15-5-3-4-12(18(15)19(32)30(2)21(29)33)9-17(31)28-20-27-14(10-35-20)11-6-7-16(13(23)8-11)34-22(24,25)26/h3-8,10,18H,9H2,1-2H3/p+1. The Bertz CT molecular complexity index is 1330. The van der Waals surface area contributed by atoms with Crippen molar-refractivity contribution in [3.8, 4) is 17.0 Å². The van der Waals surface area contributed by atoms with E-state index in [0.29, 0.717) is 11.3 Å². The molecule has 8 nitrogen and oxygen atoms in total. The van der Waals surface area contributed by atoms with Gasteiger partial charge in [-0.15, -0.1) is 24.5 Å². The van der Waals surface area contributed by atoms with Crippen molar-refractivity contribution in [3.63, 3.8) is 0 Å². The molecule has 0 saturated heterocycles. The van der Waals surface area contributed by atoms with Crippen LogP contribution >= 0.6 is 11.3 Å². The fourth-order valence-corrected chi connectivity index (χ4v) is 4.44. The predicted octanol–water partition coefficient (Wildman–Crippen LogP) is 3.96. The Labute approximate surface area is 199 Å². The fourth-order valence-electron chi connectivity index (χ4n) is 3.71. The lowest BCUT2D eigenvalue weighted by molar-refractivity contribution is -0.405. The van der Waals surface area contributed by atoms with Crippen LogP contribution in [0.3, 0.4) is 0 Å². The van der Waals surface area contributed by atoms with Crippen LogP contribution < -0.4 is 10.1 Å². The van der Waals surface area contributed by atoms with Crippen molar-refractivity contribution in [2.45, 2.75) is 12.8 Å². The summed E-state index contributed by atoms with van der Waals surface area (Å²) < 4.78 is 55.9. The average molecular weight is 509 g/mol. The van der Waals surface area contributed by atoms with Crippen molar-refractivity contribution in [1.29, 1.82) is 0 Å². The molecule has 1 unspecified atom stereocenters. The molecule has 0 spiro atoms. The van der Waals surface area contributed by atoms with Crippen LogP contribution in [0.4, 0.5) is 27.5 Å². The summed E-state index contributed by atoms with van der Waals surface area (Å²) >= 11 is 1.04. The number of hydrogen-bond acceptors (Lipinski definition) is 6. The van der Waals surface area contributed by atoms with Crippen LogP contribution in [0, 0.1) is 11.7 Å². The molecule has 0 bridgehead atoms. The highest BCUT2D eigenvalue weighted by atomic mass is 32.1. The maximum absolute atomic E-state index is 14.0. The van der Waals surface area contributed by atoms with E-state index in [0.717, 1.165) is 28.4 Å². The van der Waals surface area contributed by atoms with Crippen LogP contribution in [0.25, 0.3) is 11.3 Å². The minimum Gasteiger partial charge on any atom is -0.403 e. The number of halogens is 4. The number of anilines is 1. The molecular formula is C22H17F4N4O4S+. The zero-order valence-corrected chi connectivity index (χ0v) is 19.0. The number of rotatable bonds is 5. The normalized spacial score (nSPS) is 17.9. The van der Waals surface area contributed by atoms with Gasteiger partial charge in [0.05, 0.1) is 19.8 Å². The number of allylic oxidation sites excluding steroid dienone is 3. The molecule has 1 aliphatic carbocycles. The summed E-state index contributed by atoms with van der Waals surface area (Å²) in [4.78, 5) is 42.7. The minimum absolute atomic E-state index is 0.146. The number of imide groups is 1. The van der Waals surface area contributed by atoms with E-state index in [1.165, 1.54) is 23.1 Å². The van der Waals surface area contributed by atoms with E-state index in [4.69, 9.17) is 0 Å². The molecule has 1 aromatic carbocycles. The number of carbonyl (C=O) groups excluding carboxylic acids is 3. The Morgan fingerprint density at radius 2 is 2.06 bits per heavy atom. The summed E-state index contributed by atoms with van der Waals surface area (Å²) in [5.41, 5.74) is 1.40. The quantitative estimate of drug-likeness (QED) is 0.487. The monoisotopic (exact) mass is 509 g/mol. The number of carbonyl (C=O) groups is 3. The number of hydrogen-bond donors (Lipinski definition) is 1. The molecule has 13 heteroatoms. The van der Waals surface area contributed by atoms with Gasteiger partial charge in [0.25, 0.3) is 0 Å². The second-order valence-electron chi connectivity index (χ2n) is 7.65. The summed E-state index contributed by atoms with van der Waals surface area (Å²) in [5, 5.41) is 4.28. The van der Waals surface area contributed by atoms with Gasteiger partial charge in [0.2, 0.25) is 5.91 Å². The van der Waals surface area contributed by atoms with Gasteiger partial charge in [0.1, 0.15) is 11.6 Å². The molecule has 2 aromatic rings. The smallest absolute Gasteiger partial charge is 0.403 e. The molecule has 4 rings (SSSR count). The first kappa shape index (κ1) is 24.3. The van der Waals surface area contributed by atoms with Gasteiger partial charge < -0.3 is 10.1 Å². The first-order valence-electron chi connectivity index (χ1n) is 10.0. The van der Waals surface area contributed by atoms with Crippen molar-refractivity contribution in [3.05, 3.63) is 53.2 Å². The Hall–Kier alpha value is -3.87. The second kappa shape index (κ2) is 9.06. The summed E-state index contributed by atoms with van der Waals surface area (Å²) in [5.74, 6) is -3.87. The van der Waals surface area contributed by atoms with Gasteiger partial charge in [-0.05, 0) is 29.8 Å². The highest BCUT2D eigenvalue weighted by Crippen LogP contribution is 2.32. The number of urea groups is 1. The molecule has 2 aliphatic rings. The number of nitrogens with zero attached hydrogens (tertiary/aromatic N) is 3. The van der Waals surface area contributed by atoms with Crippen LogP contribution in [0.2, 0.25) is 0 Å². The van der Waals surface area contributed by atoms with Gasteiger partial charge in [0, 0.05) is 17.4 Å². The number of benzene rings is 1. The zero-order chi connectivity index (χ0) is 25.5. The van der Waals surface area contributed by atoms with E-state index in [-0.39, 0.29) is 22.8 Å². The van der Waals surface area contributed by atoms with E-state index in [1.54, 1.807) is 25.3 Å². The van der Waals surface area contributed by atoms with Gasteiger partial charge in [-0.25, -0.2) is 14.2 Å². The number of fused-ring (bicyclic) bond motifs is 1. The molecule has 0 radical (unpaired) electrons. The highest BCUT2D eigenvalue weighted by molar-refractivity contribution is 7.14. The molecule has 0 fully saturated rings. The molecular weight excluding hydrogens is 492 g/mol. The van der Waals surface area contributed by atoms with Gasteiger partial charge in [-0.3, -0.25) is 4.79 Å². The second-order valence-corrected chi connectivity index (χ2v) is 8.51. The van der Waals surface area contributed by atoms with Crippen LogP contribution in [-0.2, 0) is 9.59 Å². The molecule has 4 amide bonds. The summed E-state index contributed by atoms with van der Waals surface area (Å²) in [6.45, 7) is 0. The summed E-state index contributed by atoms with van der Waals surface area (Å²) in [7, 11) is 2.92. The number of ether oxygens (including phenoxy) is 1. The van der Waals surface area contributed by atoms with Gasteiger partial charge in [0.15, 0.2) is 16.7 Å². The van der Waals surface area contributed by atoms with E-state index < -0.39 is 41.7 Å². The number of alkyl halides is 3. The van der Waals surface area contributed by atoms with E-state index >= 15 is 0 Å². The molecule has 1 atom stereocenters. The minimum atomic E-state index is -5.02. The van der Waals surface area contributed by atoms with Gasteiger partial charge in [-0.1, -0.05) is 12.2 Å². The third-order valence-electron chi connectivity index (χ3n) is 5.35. The lowest BCUT2D eigenvalue weighted by atomic mass is 9.85. The molecule has 182 valence electrons. The Morgan fingerprint density at radius 1 is 1.31 bits per heavy atom. The van der Waals surface area contributed by atoms with Crippen LogP contribution in [0.1, 0.15) is 6.42 Å². The first-order chi connectivity index (χ1) is 16.4. The van der Waals surface area contributed by atoms with E-state index in [2.05, 4.69) is 15.0 Å². The lowest BCUT2D eigenvalue weighted by Crippen LogP contribution is -2.52.